The third-order valence-electron chi connectivity index (χ3n) is 5.17. The van der Waals surface area contributed by atoms with Gasteiger partial charge in [-0.15, -0.1) is 0 Å². The van der Waals surface area contributed by atoms with Crippen molar-refractivity contribution in [3.05, 3.63) is 66.2 Å². The molecule has 5 nitrogen and oxygen atoms in total. The number of anilines is 2. The molecule has 3 aromatic rings. The summed E-state index contributed by atoms with van der Waals surface area (Å²) in [6, 6.07) is 16.5. The number of nitrogens with one attached hydrogen (secondary N) is 2. The van der Waals surface area contributed by atoms with Gasteiger partial charge in [0.25, 0.3) is 0 Å². The van der Waals surface area contributed by atoms with E-state index in [0.717, 1.165) is 42.0 Å². The fourth-order valence-electron chi connectivity index (χ4n) is 3.93. The van der Waals surface area contributed by atoms with Crippen LogP contribution in [0.4, 0.5) is 11.4 Å². The first-order valence-corrected chi connectivity index (χ1v) is 10.1. The van der Waals surface area contributed by atoms with Crippen LogP contribution in [0.15, 0.2) is 64.6 Å². The number of H-pyrrole nitrogens is 1. The number of aryl methyl sites for hydroxylation is 1. The lowest BCUT2D eigenvalue weighted by atomic mass is 9.96. The van der Waals surface area contributed by atoms with Gasteiger partial charge in [0.15, 0.2) is 0 Å². The number of carbonyl (C=O) groups excluding carboxylic acids is 1. The highest BCUT2D eigenvalue weighted by molar-refractivity contribution is 7.99. The maximum Gasteiger partial charge on any atom is 0.240 e. The van der Waals surface area contributed by atoms with Crippen LogP contribution < -0.4 is 10.2 Å². The van der Waals surface area contributed by atoms with E-state index in [-0.39, 0.29) is 11.9 Å². The molecule has 136 valence electrons. The molecule has 27 heavy (non-hydrogen) atoms. The van der Waals surface area contributed by atoms with Crippen molar-refractivity contribution in [2.24, 2.45) is 0 Å². The van der Waals surface area contributed by atoms with Gasteiger partial charge < -0.3 is 15.2 Å². The first kappa shape index (κ1) is 16.4. The number of benzene rings is 2. The third kappa shape index (κ3) is 3.00. The van der Waals surface area contributed by atoms with E-state index in [9.17, 15) is 4.79 Å². The van der Waals surface area contributed by atoms with Crippen LogP contribution in [-0.4, -0.2) is 22.4 Å². The topological polar surface area (TPSA) is 61.0 Å². The van der Waals surface area contributed by atoms with Crippen LogP contribution in [0.1, 0.15) is 30.3 Å². The summed E-state index contributed by atoms with van der Waals surface area (Å²) in [6.07, 6.45) is 4.73. The van der Waals surface area contributed by atoms with Gasteiger partial charge in [0.1, 0.15) is 6.54 Å². The van der Waals surface area contributed by atoms with Gasteiger partial charge >= 0.3 is 0 Å². The number of rotatable bonds is 3. The molecule has 1 unspecified atom stereocenters. The molecule has 0 spiro atoms. The van der Waals surface area contributed by atoms with Crippen molar-refractivity contribution in [2.75, 3.05) is 11.4 Å². The number of hydrogen-bond acceptors (Lipinski definition) is 4. The fraction of sp³-hybridized carbons (Fsp3) is 0.238. The van der Waals surface area contributed by atoms with Crippen LogP contribution >= 0.6 is 11.8 Å². The van der Waals surface area contributed by atoms with Gasteiger partial charge in [-0.3, -0.25) is 4.79 Å². The minimum absolute atomic E-state index is 0.00264. The van der Waals surface area contributed by atoms with Crippen molar-refractivity contribution in [3.63, 3.8) is 0 Å². The lowest BCUT2D eigenvalue weighted by Gasteiger charge is -2.33. The molecule has 2 aliphatic rings. The highest BCUT2D eigenvalue weighted by Gasteiger charge is 2.27. The molecule has 2 N–H and O–H groups in total. The Morgan fingerprint density at radius 2 is 1.85 bits per heavy atom. The number of imidazole rings is 1. The Bertz CT molecular complexity index is 954. The average molecular weight is 376 g/mol. The summed E-state index contributed by atoms with van der Waals surface area (Å²) >= 11 is 1.75. The molecule has 0 bridgehead atoms. The smallest absolute Gasteiger partial charge is 0.240 e. The van der Waals surface area contributed by atoms with Gasteiger partial charge in [-0.2, -0.15) is 0 Å². The van der Waals surface area contributed by atoms with E-state index in [0.29, 0.717) is 6.54 Å². The second kappa shape index (κ2) is 6.78. The van der Waals surface area contributed by atoms with Crippen LogP contribution in [0, 0.1) is 0 Å². The Labute approximate surface area is 162 Å². The molecule has 2 aromatic carbocycles. The lowest BCUT2D eigenvalue weighted by Crippen LogP contribution is -2.39. The molecule has 0 radical (unpaired) electrons. The van der Waals surface area contributed by atoms with Crippen LogP contribution in [0.2, 0.25) is 0 Å². The number of amides is 1. The minimum Gasteiger partial charge on any atom is -0.348 e. The minimum atomic E-state index is -0.00264. The van der Waals surface area contributed by atoms with Crippen molar-refractivity contribution in [1.82, 2.24) is 15.3 Å². The first-order chi connectivity index (χ1) is 13.3. The Morgan fingerprint density at radius 1 is 1.15 bits per heavy atom. The molecular formula is C21H20N4OS. The standard InChI is InChI=1S/C21H20N4OS/c26-20(24-15-7-5-6-14-21(15)23-13-22-14)12-25-16-8-1-3-10-18(16)27-19-11-4-2-9-17(19)25/h1-4,8-11,13,15H,5-7,12H2,(H,22,23)(H,24,26). The number of nitrogens with zero attached hydrogens (tertiary/aromatic N) is 2. The molecule has 0 saturated carbocycles. The van der Waals surface area contributed by atoms with Crippen molar-refractivity contribution in [3.8, 4) is 0 Å². The monoisotopic (exact) mass is 376 g/mol. The fourth-order valence-corrected chi connectivity index (χ4v) is 5.02. The van der Waals surface area contributed by atoms with Gasteiger partial charge in [-0.25, -0.2) is 4.98 Å². The number of fused-ring (bicyclic) bond motifs is 3. The van der Waals surface area contributed by atoms with E-state index >= 15 is 0 Å². The highest BCUT2D eigenvalue weighted by Crippen LogP contribution is 2.47. The maximum atomic E-state index is 12.9. The van der Waals surface area contributed by atoms with E-state index in [4.69, 9.17) is 0 Å². The second-order valence-corrected chi connectivity index (χ2v) is 7.99. The summed E-state index contributed by atoms with van der Waals surface area (Å²) in [6.45, 7) is 0.296. The van der Waals surface area contributed by atoms with Crippen molar-refractivity contribution < 1.29 is 4.79 Å². The van der Waals surface area contributed by atoms with Crippen molar-refractivity contribution in [1.29, 1.82) is 0 Å². The lowest BCUT2D eigenvalue weighted by molar-refractivity contribution is -0.120. The van der Waals surface area contributed by atoms with Gasteiger partial charge in [0, 0.05) is 15.5 Å². The molecular weight excluding hydrogens is 356 g/mol. The molecule has 1 aliphatic heterocycles. The number of aromatic nitrogens is 2. The summed E-state index contributed by atoms with van der Waals surface area (Å²) in [7, 11) is 0. The Morgan fingerprint density at radius 3 is 2.59 bits per heavy atom. The van der Waals surface area contributed by atoms with Gasteiger partial charge in [0.05, 0.1) is 29.4 Å². The molecule has 1 amide bonds. The molecule has 1 aliphatic carbocycles. The van der Waals surface area contributed by atoms with Crippen LogP contribution in [0.5, 0.6) is 0 Å². The molecule has 1 aromatic heterocycles. The highest BCUT2D eigenvalue weighted by atomic mass is 32.2. The quantitative estimate of drug-likeness (QED) is 0.719. The average Bonchev–Trinajstić information content (AvgIpc) is 3.18. The molecule has 1 atom stereocenters. The summed E-state index contributed by atoms with van der Waals surface area (Å²) in [5, 5.41) is 3.20. The van der Waals surface area contributed by atoms with Crippen LogP contribution in [0.25, 0.3) is 0 Å². The zero-order valence-corrected chi connectivity index (χ0v) is 15.6. The number of hydrogen-bond donors (Lipinski definition) is 2. The normalized spacial score (nSPS) is 17.6. The van der Waals surface area contributed by atoms with E-state index < -0.39 is 0 Å². The van der Waals surface area contributed by atoms with E-state index in [1.807, 2.05) is 24.3 Å². The number of aromatic amines is 1. The third-order valence-corrected chi connectivity index (χ3v) is 6.30. The molecule has 0 fully saturated rings. The zero-order chi connectivity index (χ0) is 18.2. The number of para-hydroxylation sites is 2. The zero-order valence-electron chi connectivity index (χ0n) is 14.8. The maximum absolute atomic E-state index is 12.9. The largest absolute Gasteiger partial charge is 0.348 e. The van der Waals surface area contributed by atoms with Gasteiger partial charge in [-0.05, 0) is 43.5 Å². The van der Waals surface area contributed by atoms with E-state index in [1.165, 1.54) is 9.79 Å². The molecule has 5 rings (SSSR count). The predicted octanol–water partition coefficient (Wildman–Crippen LogP) is 4.21. The Kier molecular flexibility index (Phi) is 4.13. The van der Waals surface area contributed by atoms with Gasteiger partial charge in [-0.1, -0.05) is 36.0 Å². The van der Waals surface area contributed by atoms with Crippen LogP contribution in [0.3, 0.4) is 0 Å². The van der Waals surface area contributed by atoms with Crippen molar-refractivity contribution in [2.45, 2.75) is 35.1 Å². The van der Waals surface area contributed by atoms with Crippen molar-refractivity contribution >= 4 is 29.0 Å². The molecule has 2 heterocycles. The van der Waals surface area contributed by atoms with Crippen LogP contribution in [-0.2, 0) is 11.2 Å². The summed E-state index contributed by atoms with van der Waals surface area (Å²) in [5.41, 5.74) is 4.31. The van der Waals surface area contributed by atoms with E-state index in [2.05, 4.69) is 44.5 Å². The molecule has 0 saturated heterocycles. The van der Waals surface area contributed by atoms with E-state index in [1.54, 1.807) is 18.1 Å². The summed E-state index contributed by atoms with van der Waals surface area (Å²) < 4.78 is 0. The molecule has 6 heteroatoms. The summed E-state index contributed by atoms with van der Waals surface area (Å²) in [5.74, 6) is 0.0207. The Hall–Kier alpha value is -2.73. The Balaban J connectivity index is 1.40. The first-order valence-electron chi connectivity index (χ1n) is 9.24. The van der Waals surface area contributed by atoms with Gasteiger partial charge in [0.2, 0.25) is 5.91 Å². The number of carbonyl (C=O) groups is 1. The predicted molar refractivity (Wildman–Crippen MR) is 106 cm³/mol. The SMILES string of the molecule is O=C(CN1c2ccccc2Sc2ccccc21)NC1CCCc2[nH]cnc21. The summed E-state index contributed by atoms with van der Waals surface area (Å²) in [4.78, 5) is 25.0. The second-order valence-electron chi connectivity index (χ2n) is 6.90.